The molecule has 0 bridgehead atoms. The van der Waals surface area contributed by atoms with Crippen molar-refractivity contribution in [2.24, 2.45) is 0 Å². The summed E-state index contributed by atoms with van der Waals surface area (Å²) >= 11 is 0. The average molecular weight is 294 g/mol. The molecule has 0 atom stereocenters. The standard InChI is InChI=1S/C17H14N2O3/c1-22-16-9-12(4-7-15(16)20)17(21)13(10-18)8-11-2-5-14(19)6-3-11/h2-9,20H,19H2,1H3. The van der Waals surface area contributed by atoms with Gasteiger partial charge in [0.1, 0.15) is 11.6 Å². The van der Waals surface area contributed by atoms with E-state index in [2.05, 4.69) is 0 Å². The predicted molar refractivity (Wildman–Crippen MR) is 83.4 cm³/mol. The van der Waals surface area contributed by atoms with Gasteiger partial charge >= 0.3 is 0 Å². The highest BCUT2D eigenvalue weighted by molar-refractivity contribution is 6.14. The highest BCUT2D eigenvalue weighted by Gasteiger charge is 2.14. The van der Waals surface area contributed by atoms with Crippen molar-refractivity contribution in [2.45, 2.75) is 0 Å². The van der Waals surface area contributed by atoms with Crippen LogP contribution >= 0.6 is 0 Å². The first-order valence-corrected chi connectivity index (χ1v) is 6.44. The lowest BCUT2D eigenvalue weighted by Crippen LogP contribution is -2.02. The number of hydrogen-bond donors (Lipinski definition) is 2. The van der Waals surface area contributed by atoms with Crippen molar-refractivity contribution in [1.82, 2.24) is 0 Å². The SMILES string of the molecule is COc1cc(C(=O)C(C#N)=Cc2ccc(N)cc2)ccc1O. The fourth-order valence-corrected chi connectivity index (χ4v) is 1.88. The van der Waals surface area contributed by atoms with Gasteiger partial charge in [-0.05, 0) is 42.0 Å². The Kier molecular flexibility index (Phi) is 4.44. The number of carbonyl (C=O) groups is 1. The number of nitriles is 1. The summed E-state index contributed by atoms with van der Waals surface area (Å²) in [5.74, 6) is -0.340. The molecule has 0 unspecified atom stereocenters. The molecule has 2 aromatic rings. The third-order valence-corrected chi connectivity index (χ3v) is 3.05. The Hall–Kier alpha value is -3.26. The van der Waals surface area contributed by atoms with E-state index in [1.54, 1.807) is 24.3 Å². The van der Waals surface area contributed by atoms with Crippen molar-refractivity contribution >= 4 is 17.5 Å². The summed E-state index contributed by atoms with van der Waals surface area (Å²) in [5, 5.41) is 18.8. The molecule has 0 aliphatic carbocycles. The smallest absolute Gasteiger partial charge is 0.203 e. The van der Waals surface area contributed by atoms with E-state index in [4.69, 9.17) is 10.5 Å². The number of allylic oxidation sites excluding steroid dienone is 1. The molecule has 2 rings (SSSR count). The van der Waals surface area contributed by atoms with Gasteiger partial charge < -0.3 is 15.6 Å². The van der Waals surface area contributed by atoms with Crippen LogP contribution in [0.4, 0.5) is 5.69 Å². The molecule has 0 saturated heterocycles. The summed E-state index contributed by atoms with van der Waals surface area (Å²) in [6, 6.07) is 12.9. The normalized spacial score (nSPS) is 10.8. The van der Waals surface area contributed by atoms with E-state index in [9.17, 15) is 15.2 Å². The minimum atomic E-state index is -0.447. The zero-order valence-electron chi connectivity index (χ0n) is 11.9. The summed E-state index contributed by atoms with van der Waals surface area (Å²) in [7, 11) is 1.39. The maximum Gasteiger partial charge on any atom is 0.203 e. The van der Waals surface area contributed by atoms with Crippen molar-refractivity contribution in [1.29, 1.82) is 5.26 Å². The molecule has 110 valence electrons. The first-order valence-electron chi connectivity index (χ1n) is 6.44. The first-order chi connectivity index (χ1) is 10.5. The summed E-state index contributed by atoms with van der Waals surface area (Å²) in [5.41, 5.74) is 7.14. The molecule has 0 aromatic heterocycles. The second kappa shape index (κ2) is 6.46. The van der Waals surface area contributed by atoms with Crippen molar-refractivity contribution in [3.63, 3.8) is 0 Å². The van der Waals surface area contributed by atoms with Crippen LogP contribution in [0.1, 0.15) is 15.9 Å². The highest BCUT2D eigenvalue weighted by atomic mass is 16.5. The number of nitrogen functional groups attached to an aromatic ring is 1. The van der Waals surface area contributed by atoms with E-state index in [1.807, 2.05) is 6.07 Å². The van der Waals surface area contributed by atoms with Gasteiger partial charge in [0.15, 0.2) is 11.5 Å². The van der Waals surface area contributed by atoms with Crippen molar-refractivity contribution < 1.29 is 14.6 Å². The molecule has 0 fully saturated rings. The van der Waals surface area contributed by atoms with Gasteiger partial charge in [0.25, 0.3) is 0 Å². The molecule has 0 amide bonds. The maximum atomic E-state index is 12.4. The Morgan fingerprint density at radius 3 is 2.55 bits per heavy atom. The van der Waals surface area contributed by atoms with Crippen molar-refractivity contribution in [3.05, 3.63) is 59.2 Å². The topological polar surface area (TPSA) is 96.3 Å². The van der Waals surface area contributed by atoms with Gasteiger partial charge in [0.05, 0.1) is 7.11 Å². The Bertz CT molecular complexity index is 771. The van der Waals surface area contributed by atoms with Crippen LogP contribution in [0, 0.1) is 11.3 Å². The molecule has 2 aromatic carbocycles. The Balaban J connectivity index is 2.37. The number of aromatic hydroxyl groups is 1. The number of nitrogens with zero attached hydrogens (tertiary/aromatic N) is 1. The zero-order chi connectivity index (χ0) is 16.1. The number of ether oxygens (including phenoxy) is 1. The van der Waals surface area contributed by atoms with E-state index >= 15 is 0 Å². The molecule has 0 saturated carbocycles. The Morgan fingerprint density at radius 2 is 1.95 bits per heavy atom. The minimum Gasteiger partial charge on any atom is -0.504 e. The number of phenols is 1. The van der Waals surface area contributed by atoms with Crippen molar-refractivity contribution in [2.75, 3.05) is 12.8 Å². The molecule has 0 radical (unpaired) electrons. The van der Waals surface area contributed by atoms with Crippen LogP contribution < -0.4 is 10.5 Å². The summed E-state index contributed by atoms with van der Waals surface area (Å²) in [4.78, 5) is 12.4. The third-order valence-electron chi connectivity index (χ3n) is 3.05. The Morgan fingerprint density at radius 1 is 1.27 bits per heavy atom. The number of hydrogen-bond acceptors (Lipinski definition) is 5. The number of nitrogens with two attached hydrogens (primary N) is 1. The van der Waals surface area contributed by atoms with E-state index in [-0.39, 0.29) is 22.6 Å². The van der Waals surface area contributed by atoms with Crippen LogP contribution in [-0.4, -0.2) is 18.0 Å². The number of phenolic OH excluding ortho intramolecular Hbond substituents is 1. The number of ketones is 1. The van der Waals surface area contributed by atoms with Crippen LogP contribution in [-0.2, 0) is 0 Å². The number of methoxy groups -OCH3 is 1. The molecular weight excluding hydrogens is 280 g/mol. The molecule has 3 N–H and O–H groups in total. The molecule has 22 heavy (non-hydrogen) atoms. The lowest BCUT2D eigenvalue weighted by atomic mass is 10.0. The maximum absolute atomic E-state index is 12.4. The largest absolute Gasteiger partial charge is 0.504 e. The van der Waals surface area contributed by atoms with E-state index in [1.165, 1.54) is 31.4 Å². The molecule has 0 aliphatic heterocycles. The molecule has 0 aliphatic rings. The minimum absolute atomic E-state index is 0.0162. The van der Waals surface area contributed by atoms with Crippen molar-refractivity contribution in [3.8, 4) is 17.6 Å². The number of anilines is 1. The summed E-state index contributed by atoms with van der Waals surface area (Å²) in [6.07, 6.45) is 1.49. The van der Waals surface area contributed by atoms with Crippen LogP contribution in [0.2, 0.25) is 0 Å². The zero-order valence-corrected chi connectivity index (χ0v) is 11.9. The fraction of sp³-hybridized carbons (Fsp3) is 0.0588. The second-order valence-electron chi connectivity index (χ2n) is 4.55. The molecular formula is C17H14N2O3. The van der Waals surface area contributed by atoms with Crippen LogP contribution in [0.15, 0.2) is 48.0 Å². The molecule has 0 spiro atoms. The molecule has 0 heterocycles. The van der Waals surface area contributed by atoms with E-state index < -0.39 is 5.78 Å². The van der Waals surface area contributed by atoms with Gasteiger partial charge in [0, 0.05) is 11.3 Å². The van der Waals surface area contributed by atoms with Gasteiger partial charge in [-0.3, -0.25) is 4.79 Å². The third kappa shape index (κ3) is 3.25. The van der Waals surface area contributed by atoms with Crippen LogP contribution in [0.25, 0.3) is 6.08 Å². The van der Waals surface area contributed by atoms with Crippen LogP contribution in [0.3, 0.4) is 0 Å². The van der Waals surface area contributed by atoms with E-state index in [0.717, 1.165) is 0 Å². The van der Waals surface area contributed by atoms with Crippen LogP contribution in [0.5, 0.6) is 11.5 Å². The van der Waals surface area contributed by atoms with Gasteiger partial charge in [-0.25, -0.2) is 0 Å². The second-order valence-corrected chi connectivity index (χ2v) is 4.55. The molecule has 5 nitrogen and oxygen atoms in total. The average Bonchev–Trinajstić information content (AvgIpc) is 2.54. The monoisotopic (exact) mass is 294 g/mol. The Labute approximate surface area is 127 Å². The lowest BCUT2D eigenvalue weighted by molar-refractivity contribution is 0.103. The quantitative estimate of drug-likeness (QED) is 0.391. The summed E-state index contributed by atoms with van der Waals surface area (Å²) < 4.78 is 4.96. The predicted octanol–water partition coefficient (Wildman–Crippen LogP) is 2.77. The first kappa shape index (κ1) is 15.1. The lowest BCUT2D eigenvalue weighted by Gasteiger charge is -2.05. The summed E-state index contributed by atoms with van der Waals surface area (Å²) in [6.45, 7) is 0. The highest BCUT2D eigenvalue weighted by Crippen LogP contribution is 2.27. The van der Waals surface area contributed by atoms with Gasteiger partial charge in [-0.2, -0.15) is 5.26 Å². The van der Waals surface area contributed by atoms with Gasteiger partial charge in [0.2, 0.25) is 5.78 Å². The van der Waals surface area contributed by atoms with Gasteiger partial charge in [-0.15, -0.1) is 0 Å². The number of carbonyl (C=O) groups excluding carboxylic acids is 1. The molecule has 5 heteroatoms. The number of Topliss-reactive ketones (excluding diaryl/α,β-unsaturated/α-hetero) is 1. The number of rotatable bonds is 4. The van der Waals surface area contributed by atoms with E-state index in [0.29, 0.717) is 11.3 Å². The van der Waals surface area contributed by atoms with Gasteiger partial charge in [-0.1, -0.05) is 12.1 Å². The fourth-order valence-electron chi connectivity index (χ4n) is 1.88. The number of benzene rings is 2.